The molecular formula is C15H30N4O. The quantitative estimate of drug-likeness (QED) is 0.567. The molecule has 2 rings (SSSR count). The number of hydrogen-bond donors (Lipinski definition) is 2. The van der Waals surface area contributed by atoms with Gasteiger partial charge >= 0.3 is 0 Å². The molecule has 2 heterocycles. The molecule has 0 radical (unpaired) electrons. The maximum Gasteiger partial charge on any atom is 0.188 e. The van der Waals surface area contributed by atoms with Crippen molar-refractivity contribution in [1.82, 2.24) is 10.2 Å². The summed E-state index contributed by atoms with van der Waals surface area (Å²) in [6, 6.07) is 0. The molecule has 0 bridgehead atoms. The van der Waals surface area contributed by atoms with E-state index in [4.69, 9.17) is 10.5 Å². The van der Waals surface area contributed by atoms with E-state index in [0.29, 0.717) is 12.5 Å². The van der Waals surface area contributed by atoms with Crippen molar-refractivity contribution >= 4 is 5.96 Å². The number of hydrogen-bond acceptors (Lipinski definition) is 3. The summed E-state index contributed by atoms with van der Waals surface area (Å²) in [5.74, 6) is 1.42. The van der Waals surface area contributed by atoms with Crippen molar-refractivity contribution in [2.24, 2.45) is 16.6 Å². The van der Waals surface area contributed by atoms with E-state index in [1.807, 2.05) is 0 Å². The van der Waals surface area contributed by atoms with Crippen molar-refractivity contribution < 1.29 is 4.74 Å². The summed E-state index contributed by atoms with van der Waals surface area (Å²) in [5, 5.41) is 3.24. The maximum atomic E-state index is 5.89. The van der Waals surface area contributed by atoms with Crippen LogP contribution in [0.2, 0.25) is 0 Å². The van der Waals surface area contributed by atoms with Crippen LogP contribution in [0.15, 0.2) is 4.99 Å². The van der Waals surface area contributed by atoms with Gasteiger partial charge in [0.1, 0.15) is 0 Å². The Hall–Kier alpha value is -0.810. The van der Waals surface area contributed by atoms with Gasteiger partial charge in [0.2, 0.25) is 0 Å². The van der Waals surface area contributed by atoms with Gasteiger partial charge in [-0.2, -0.15) is 0 Å². The van der Waals surface area contributed by atoms with Crippen molar-refractivity contribution in [1.29, 1.82) is 0 Å². The number of nitrogens with one attached hydrogen (secondary N) is 1. The third-order valence-electron chi connectivity index (χ3n) is 4.50. The first-order chi connectivity index (χ1) is 9.78. The van der Waals surface area contributed by atoms with Gasteiger partial charge in [0, 0.05) is 13.2 Å². The van der Waals surface area contributed by atoms with Gasteiger partial charge in [-0.3, -0.25) is 4.99 Å². The van der Waals surface area contributed by atoms with E-state index in [0.717, 1.165) is 31.9 Å². The van der Waals surface area contributed by atoms with Crippen LogP contribution in [0.1, 0.15) is 39.0 Å². The molecule has 1 atom stereocenters. The van der Waals surface area contributed by atoms with Gasteiger partial charge < -0.3 is 20.7 Å². The SMILES string of the molecule is CCN1CCC(CCNC(N)=NCC2CCCO2)CC1. The van der Waals surface area contributed by atoms with Crippen LogP contribution >= 0.6 is 0 Å². The fraction of sp³-hybridized carbons (Fsp3) is 0.933. The van der Waals surface area contributed by atoms with Gasteiger partial charge in [-0.15, -0.1) is 0 Å². The lowest BCUT2D eigenvalue weighted by atomic mass is 9.93. The number of likely N-dealkylation sites (tertiary alicyclic amines) is 1. The van der Waals surface area contributed by atoms with Crippen LogP contribution in [0.25, 0.3) is 0 Å². The van der Waals surface area contributed by atoms with Crippen molar-refractivity contribution in [3.63, 3.8) is 0 Å². The number of aliphatic imine (C=N–C) groups is 1. The molecule has 0 saturated carbocycles. The first kappa shape index (κ1) is 15.6. The summed E-state index contributed by atoms with van der Waals surface area (Å²) in [6.07, 6.45) is 6.41. The first-order valence-electron chi connectivity index (χ1n) is 8.15. The Morgan fingerprint density at radius 2 is 2.15 bits per heavy atom. The molecule has 0 spiro atoms. The molecule has 3 N–H and O–H groups in total. The maximum absolute atomic E-state index is 5.89. The van der Waals surface area contributed by atoms with Gasteiger partial charge in [0.15, 0.2) is 5.96 Å². The fourth-order valence-corrected chi connectivity index (χ4v) is 3.04. The van der Waals surface area contributed by atoms with Crippen molar-refractivity contribution in [3.05, 3.63) is 0 Å². The summed E-state index contributed by atoms with van der Waals surface area (Å²) in [4.78, 5) is 6.89. The van der Waals surface area contributed by atoms with Gasteiger partial charge in [-0.1, -0.05) is 6.92 Å². The fourth-order valence-electron chi connectivity index (χ4n) is 3.04. The molecule has 2 fully saturated rings. The van der Waals surface area contributed by atoms with Crippen LogP contribution in [-0.4, -0.2) is 56.3 Å². The Balaban J connectivity index is 1.54. The lowest BCUT2D eigenvalue weighted by Gasteiger charge is -2.31. The molecule has 116 valence electrons. The first-order valence-corrected chi connectivity index (χ1v) is 8.15. The topological polar surface area (TPSA) is 62.9 Å². The summed E-state index contributed by atoms with van der Waals surface area (Å²) >= 11 is 0. The highest BCUT2D eigenvalue weighted by molar-refractivity contribution is 5.77. The Morgan fingerprint density at radius 1 is 1.35 bits per heavy atom. The number of guanidine groups is 1. The molecule has 2 aliphatic heterocycles. The van der Waals surface area contributed by atoms with Gasteiger partial charge in [-0.05, 0) is 57.7 Å². The molecule has 2 saturated heterocycles. The van der Waals surface area contributed by atoms with Crippen LogP contribution in [0.3, 0.4) is 0 Å². The zero-order valence-corrected chi connectivity index (χ0v) is 12.8. The minimum atomic E-state index is 0.286. The number of ether oxygens (including phenoxy) is 1. The molecular weight excluding hydrogens is 252 g/mol. The lowest BCUT2D eigenvalue weighted by Crippen LogP contribution is -2.37. The zero-order valence-electron chi connectivity index (χ0n) is 12.8. The largest absolute Gasteiger partial charge is 0.376 e. The summed E-state index contributed by atoms with van der Waals surface area (Å²) in [5.41, 5.74) is 5.89. The third kappa shape index (κ3) is 5.29. The van der Waals surface area contributed by atoms with Crippen LogP contribution in [0, 0.1) is 5.92 Å². The van der Waals surface area contributed by atoms with Gasteiger partial charge in [-0.25, -0.2) is 0 Å². The molecule has 0 aromatic rings. The molecule has 5 heteroatoms. The smallest absolute Gasteiger partial charge is 0.188 e. The number of nitrogens with two attached hydrogens (primary N) is 1. The van der Waals surface area contributed by atoms with Crippen molar-refractivity contribution in [3.8, 4) is 0 Å². The summed E-state index contributed by atoms with van der Waals surface area (Å²) < 4.78 is 5.53. The lowest BCUT2D eigenvalue weighted by molar-refractivity contribution is 0.117. The minimum Gasteiger partial charge on any atom is -0.376 e. The highest BCUT2D eigenvalue weighted by atomic mass is 16.5. The minimum absolute atomic E-state index is 0.286. The molecule has 5 nitrogen and oxygen atoms in total. The van der Waals surface area contributed by atoms with E-state index in [1.54, 1.807) is 0 Å². The normalized spacial score (nSPS) is 26.1. The monoisotopic (exact) mass is 282 g/mol. The predicted molar refractivity (Wildman–Crippen MR) is 82.9 cm³/mol. The van der Waals surface area contributed by atoms with Crippen molar-refractivity contribution in [2.45, 2.75) is 45.1 Å². The second-order valence-electron chi connectivity index (χ2n) is 5.95. The second kappa shape index (κ2) is 8.47. The van der Waals surface area contributed by atoms with Crippen LogP contribution in [-0.2, 0) is 4.74 Å². The third-order valence-corrected chi connectivity index (χ3v) is 4.50. The molecule has 0 aliphatic carbocycles. The zero-order chi connectivity index (χ0) is 14.2. The van der Waals surface area contributed by atoms with E-state index < -0.39 is 0 Å². The highest BCUT2D eigenvalue weighted by Crippen LogP contribution is 2.19. The molecule has 0 aromatic carbocycles. The van der Waals surface area contributed by atoms with Gasteiger partial charge in [0.25, 0.3) is 0 Å². The Bertz CT molecular complexity index is 294. The molecule has 0 amide bonds. The molecule has 20 heavy (non-hydrogen) atoms. The Labute approximate surface area is 122 Å². The highest BCUT2D eigenvalue weighted by Gasteiger charge is 2.17. The number of nitrogens with zero attached hydrogens (tertiary/aromatic N) is 2. The van der Waals surface area contributed by atoms with Gasteiger partial charge in [0.05, 0.1) is 12.6 Å². The van der Waals surface area contributed by atoms with Crippen LogP contribution in [0.4, 0.5) is 0 Å². The van der Waals surface area contributed by atoms with Crippen LogP contribution < -0.4 is 11.1 Å². The number of rotatable bonds is 6. The standard InChI is InChI=1S/C15H30N4O/c1-2-19-9-6-13(7-10-19)5-8-17-15(16)18-12-14-4-3-11-20-14/h13-14H,2-12H2,1H3,(H3,16,17,18). The van der Waals surface area contributed by atoms with E-state index >= 15 is 0 Å². The Morgan fingerprint density at radius 3 is 2.80 bits per heavy atom. The second-order valence-corrected chi connectivity index (χ2v) is 5.95. The number of piperidine rings is 1. The Kier molecular flexibility index (Phi) is 6.60. The van der Waals surface area contributed by atoms with E-state index in [9.17, 15) is 0 Å². The van der Waals surface area contributed by atoms with E-state index in [1.165, 1.54) is 38.9 Å². The summed E-state index contributed by atoms with van der Waals surface area (Å²) in [7, 11) is 0. The molecule has 0 aromatic heterocycles. The molecule has 2 aliphatic rings. The average molecular weight is 282 g/mol. The van der Waals surface area contributed by atoms with E-state index in [-0.39, 0.29) is 6.10 Å². The molecule has 1 unspecified atom stereocenters. The van der Waals surface area contributed by atoms with E-state index in [2.05, 4.69) is 22.1 Å². The predicted octanol–water partition coefficient (Wildman–Crippen LogP) is 1.19. The van der Waals surface area contributed by atoms with Crippen molar-refractivity contribution in [2.75, 3.05) is 39.3 Å². The van der Waals surface area contributed by atoms with Crippen LogP contribution in [0.5, 0.6) is 0 Å². The summed E-state index contributed by atoms with van der Waals surface area (Å²) in [6.45, 7) is 8.46. The average Bonchev–Trinajstić information content (AvgIpc) is 2.99.